The number of amides is 1. The molecule has 0 aliphatic rings. The molecule has 0 spiro atoms. The maximum absolute atomic E-state index is 12.0. The molecule has 20 heavy (non-hydrogen) atoms. The number of hydrogen-bond donors (Lipinski definition) is 3. The van der Waals surface area contributed by atoms with E-state index < -0.39 is 15.9 Å². The van der Waals surface area contributed by atoms with Crippen LogP contribution in [0.5, 0.6) is 0 Å². The summed E-state index contributed by atoms with van der Waals surface area (Å²) in [6.45, 7) is 3.72. The lowest BCUT2D eigenvalue weighted by Gasteiger charge is -2.09. The van der Waals surface area contributed by atoms with Crippen LogP contribution in [0.25, 0.3) is 0 Å². The van der Waals surface area contributed by atoms with Crippen molar-refractivity contribution in [1.29, 1.82) is 0 Å². The maximum atomic E-state index is 12.0. The van der Waals surface area contributed by atoms with Gasteiger partial charge in [-0.15, -0.1) is 4.83 Å². The zero-order valence-corrected chi connectivity index (χ0v) is 11.9. The summed E-state index contributed by atoms with van der Waals surface area (Å²) in [4.78, 5) is 16.5. The van der Waals surface area contributed by atoms with Gasteiger partial charge in [0.05, 0.1) is 4.90 Å². The SMILES string of the molecule is Cc1ccc(S(=O)(=O)NNC(=O)c2ccc[nH]2)cc1C. The van der Waals surface area contributed by atoms with Gasteiger partial charge >= 0.3 is 0 Å². The molecule has 0 saturated carbocycles. The van der Waals surface area contributed by atoms with Crippen molar-refractivity contribution < 1.29 is 13.2 Å². The molecule has 0 aliphatic heterocycles. The smallest absolute Gasteiger partial charge is 0.282 e. The molecule has 1 aromatic heterocycles. The first-order valence-corrected chi connectivity index (χ1v) is 7.41. The predicted octanol–water partition coefficient (Wildman–Crippen LogP) is 1.25. The fourth-order valence-corrected chi connectivity index (χ4v) is 2.52. The van der Waals surface area contributed by atoms with E-state index in [-0.39, 0.29) is 10.6 Å². The third kappa shape index (κ3) is 3.06. The van der Waals surface area contributed by atoms with E-state index >= 15 is 0 Å². The van der Waals surface area contributed by atoms with E-state index in [1.54, 1.807) is 30.5 Å². The molecule has 7 heteroatoms. The summed E-state index contributed by atoms with van der Waals surface area (Å²) < 4.78 is 24.1. The molecule has 0 atom stereocenters. The standard InChI is InChI=1S/C13H15N3O3S/c1-9-5-6-11(8-10(9)2)20(18,19)16-15-13(17)12-4-3-7-14-12/h3-8,14,16H,1-2H3,(H,15,17). The molecule has 106 valence electrons. The molecule has 0 aliphatic carbocycles. The zero-order chi connectivity index (χ0) is 14.8. The number of rotatable bonds is 4. The fraction of sp³-hybridized carbons (Fsp3) is 0.154. The lowest BCUT2D eigenvalue weighted by molar-refractivity contribution is 0.0940. The van der Waals surface area contributed by atoms with Gasteiger partial charge in [0.15, 0.2) is 0 Å². The number of H-pyrrole nitrogens is 1. The van der Waals surface area contributed by atoms with Crippen molar-refractivity contribution in [2.75, 3.05) is 0 Å². The van der Waals surface area contributed by atoms with Gasteiger partial charge in [-0.05, 0) is 49.2 Å². The molecule has 0 saturated heterocycles. The Kier molecular flexibility index (Phi) is 3.91. The number of sulfonamides is 1. The van der Waals surface area contributed by atoms with Crippen molar-refractivity contribution in [3.05, 3.63) is 53.3 Å². The van der Waals surface area contributed by atoms with E-state index in [9.17, 15) is 13.2 Å². The van der Waals surface area contributed by atoms with Crippen LogP contribution in [0, 0.1) is 13.8 Å². The van der Waals surface area contributed by atoms with Gasteiger partial charge in [-0.1, -0.05) is 6.07 Å². The average molecular weight is 293 g/mol. The Balaban J connectivity index is 2.11. The lowest BCUT2D eigenvalue weighted by atomic mass is 10.1. The highest BCUT2D eigenvalue weighted by atomic mass is 32.2. The van der Waals surface area contributed by atoms with Crippen LogP contribution >= 0.6 is 0 Å². The Morgan fingerprint density at radius 2 is 1.90 bits per heavy atom. The summed E-state index contributed by atoms with van der Waals surface area (Å²) in [6.07, 6.45) is 1.58. The predicted molar refractivity (Wildman–Crippen MR) is 74.5 cm³/mol. The van der Waals surface area contributed by atoms with Gasteiger partial charge in [-0.3, -0.25) is 10.2 Å². The second kappa shape index (κ2) is 5.48. The normalized spacial score (nSPS) is 11.3. The second-order valence-electron chi connectivity index (χ2n) is 4.39. The molecule has 0 unspecified atom stereocenters. The Morgan fingerprint density at radius 3 is 2.50 bits per heavy atom. The van der Waals surface area contributed by atoms with Gasteiger partial charge in [-0.2, -0.15) is 0 Å². The van der Waals surface area contributed by atoms with Crippen molar-refractivity contribution in [2.45, 2.75) is 18.7 Å². The van der Waals surface area contributed by atoms with Crippen LogP contribution in [0.3, 0.4) is 0 Å². The van der Waals surface area contributed by atoms with Crippen LogP contribution < -0.4 is 10.3 Å². The molecule has 3 N–H and O–H groups in total. The first-order valence-electron chi connectivity index (χ1n) is 5.93. The number of hydrogen-bond acceptors (Lipinski definition) is 3. The van der Waals surface area contributed by atoms with E-state index in [1.165, 1.54) is 6.07 Å². The van der Waals surface area contributed by atoms with Crippen LogP contribution in [0.15, 0.2) is 41.4 Å². The van der Waals surface area contributed by atoms with Gasteiger partial charge in [0.2, 0.25) is 0 Å². The highest BCUT2D eigenvalue weighted by molar-refractivity contribution is 7.89. The Morgan fingerprint density at radius 1 is 1.15 bits per heavy atom. The number of carbonyl (C=O) groups excluding carboxylic acids is 1. The summed E-state index contributed by atoms with van der Waals surface area (Å²) in [5.74, 6) is -0.553. The molecular formula is C13H15N3O3S. The summed E-state index contributed by atoms with van der Waals surface area (Å²) >= 11 is 0. The van der Waals surface area contributed by atoms with E-state index in [2.05, 4.69) is 15.2 Å². The van der Waals surface area contributed by atoms with Crippen molar-refractivity contribution >= 4 is 15.9 Å². The zero-order valence-electron chi connectivity index (χ0n) is 11.1. The third-order valence-corrected chi connectivity index (χ3v) is 4.18. The summed E-state index contributed by atoms with van der Waals surface area (Å²) in [7, 11) is -3.78. The first kappa shape index (κ1) is 14.3. The van der Waals surface area contributed by atoms with Gasteiger partial charge < -0.3 is 4.98 Å². The largest absolute Gasteiger partial charge is 0.357 e. The number of carbonyl (C=O) groups is 1. The van der Waals surface area contributed by atoms with Crippen molar-refractivity contribution in [3.63, 3.8) is 0 Å². The van der Waals surface area contributed by atoms with Crippen molar-refractivity contribution in [1.82, 2.24) is 15.2 Å². The second-order valence-corrected chi connectivity index (χ2v) is 6.07. The van der Waals surface area contributed by atoms with Crippen molar-refractivity contribution in [2.24, 2.45) is 0 Å². The first-order chi connectivity index (χ1) is 9.40. The minimum Gasteiger partial charge on any atom is -0.357 e. The molecular weight excluding hydrogens is 278 g/mol. The average Bonchev–Trinajstić information content (AvgIpc) is 2.93. The van der Waals surface area contributed by atoms with Crippen LogP contribution in [0.4, 0.5) is 0 Å². The molecule has 0 radical (unpaired) electrons. The van der Waals surface area contributed by atoms with E-state index in [0.717, 1.165) is 11.1 Å². The topological polar surface area (TPSA) is 91.1 Å². The summed E-state index contributed by atoms with van der Waals surface area (Å²) in [5, 5.41) is 0. The highest BCUT2D eigenvalue weighted by Crippen LogP contribution is 2.14. The minimum atomic E-state index is -3.78. The monoisotopic (exact) mass is 293 g/mol. The number of nitrogens with one attached hydrogen (secondary N) is 3. The molecule has 0 fully saturated rings. The van der Waals surface area contributed by atoms with Crippen LogP contribution in [-0.4, -0.2) is 19.3 Å². The number of aromatic nitrogens is 1. The minimum absolute atomic E-state index is 0.104. The third-order valence-electron chi connectivity index (χ3n) is 2.93. The molecule has 6 nitrogen and oxygen atoms in total. The fourth-order valence-electron chi connectivity index (χ4n) is 1.59. The number of hydrazine groups is 1. The molecule has 2 aromatic rings. The van der Waals surface area contributed by atoms with Gasteiger partial charge in [-0.25, -0.2) is 8.42 Å². The molecule has 1 heterocycles. The van der Waals surface area contributed by atoms with E-state index in [4.69, 9.17) is 0 Å². The summed E-state index contributed by atoms with van der Waals surface area (Å²) in [6, 6.07) is 7.95. The van der Waals surface area contributed by atoms with Gasteiger partial charge in [0.1, 0.15) is 5.69 Å². The van der Waals surface area contributed by atoms with E-state index in [1.807, 2.05) is 13.8 Å². The number of aromatic amines is 1. The number of aryl methyl sites for hydroxylation is 2. The highest BCUT2D eigenvalue weighted by Gasteiger charge is 2.16. The lowest BCUT2D eigenvalue weighted by Crippen LogP contribution is -2.41. The number of benzene rings is 1. The van der Waals surface area contributed by atoms with Crippen LogP contribution in [0.2, 0.25) is 0 Å². The Hall–Kier alpha value is -2.12. The quantitative estimate of drug-likeness (QED) is 0.741. The van der Waals surface area contributed by atoms with Crippen LogP contribution in [0.1, 0.15) is 21.6 Å². The molecule has 1 aromatic carbocycles. The Labute approximate surface area is 117 Å². The molecule has 2 rings (SSSR count). The maximum Gasteiger partial charge on any atom is 0.282 e. The van der Waals surface area contributed by atoms with Gasteiger partial charge in [0, 0.05) is 6.20 Å². The summed E-state index contributed by atoms with van der Waals surface area (Å²) in [5.41, 5.74) is 4.28. The van der Waals surface area contributed by atoms with Gasteiger partial charge in [0.25, 0.3) is 15.9 Å². The Bertz CT molecular complexity index is 721. The molecule has 0 bridgehead atoms. The molecule has 1 amide bonds. The van der Waals surface area contributed by atoms with E-state index in [0.29, 0.717) is 0 Å². The van der Waals surface area contributed by atoms with Crippen molar-refractivity contribution in [3.8, 4) is 0 Å². The van der Waals surface area contributed by atoms with Crippen LogP contribution in [-0.2, 0) is 10.0 Å².